The maximum Gasteiger partial charge on any atom is 0.275 e. The molecule has 0 bridgehead atoms. The van der Waals surface area contributed by atoms with Gasteiger partial charge in [0.05, 0.1) is 11.4 Å². The SMILES string of the molecule is NC(=O)c1nn(CC(=O)N2CCC[C@H]2c2ccc3c(c2)OCCO3)c(=O)c2ccccc12. The number of benzene rings is 2. The van der Waals surface area contributed by atoms with E-state index in [1.54, 1.807) is 29.2 Å². The number of likely N-dealkylation sites (tertiary alicyclic amines) is 1. The minimum atomic E-state index is -0.752. The van der Waals surface area contributed by atoms with Crippen molar-refractivity contribution in [3.8, 4) is 11.5 Å². The van der Waals surface area contributed by atoms with Crippen LogP contribution in [0, 0.1) is 0 Å². The number of hydrogen-bond donors (Lipinski definition) is 1. The van der Waals surface area contributed by atoms with Crippen LogP contribution in [0.15, 0.2) is 47.3 Å². The van der Waals surface area contributed by atoms with E-state index >= 15 is 0 Å². The first-order valence-electron chi connectivity index (χ1n) is 10.5. The second-order valence-electron chi connectivity index (χ2n) is 7.87. The summed E-state index contributed by atoms with van der Waals surface area (Å²) < 4.78 is 12.3. The lowest BCUT2D eigenvalue weighted by Crippen LogP contribution is -2.38. The maximum absolute atomic E-state index is 13.2. The number of fused-ring (bicyclic) bond motifs is 2. The number of nitrogens with zero attached hydrogens (tertiary/aromatic N) is 3. The van der Waals surface area contributed by atoms with Crippen molar-refractivity contribution in [2.24, 2.45) is 5.73 Å². The van der Waals surface area contributed by atoms with Crippen LogP contribution >= 0.6 is 0 Å². The summed E-state index contributed by atoms with van der Waals surface area (Å²) in [5, 5.41) is 4.79. The lowest BCUT2D eigenvalue weighted by molar-refractivity contribution is -0.133. The second-order valence-corrected chi connectivity index (χ2v) is 7.87. The zero-order chi connectivity index (χ0) is 22.2. The molecule has 1 saturated heterocycles. The molecule has 3 heterocycles. The van der Waals surface area contributed by atoms with E-state index in [2.05, 4.69) is 5.10 Å². The van der Waals surface area contributed by atoms with E-state index in [-0.39, 0.29) is 24.2 Å². The molecular weight excluding hydrogens is 412 g/mol. The highest BCUT2D eigenvalue weighted by Gasteiger charge is 2.31. The van der Waals surface area contributed by atoms with Gasteiger partial charge in [0.2, 0.25) is 5.91 Å². The van der Waals surface area contributed by atoms with Crippen molar-refractivity contribution in [1.29, 1.82) is 0 Å². The molecule has 9 heteroatoms. The Morgan fingerprint density at radius 2 is 1.81 bits per heavy atom. The summed E-state index contributed by atoms with van der Waals surface area (Å²) in [6.07, 6.45) is 1.65. The Bertz CT molecular complexity index is 1290. The Balaban J connectivity index is 1.45. The van der Waals surface area contributed by atoms with Gasteiger partial charge in [0.1, 0.15) is 19.8 Å². The minimum absolute atomic E-state index is 0.0298. The third kappa shape index (κ3) is 3.45. The smallest absolute Gasteiger partial charge is 0.275 e. The lowest BCUT2D eigenvalue weighted by Gasteiger charge is -2.27. The molecule has 0 saturated carbocycles. The van der Waals surface area contributed by atoms with Gasteiger partial charge < -0.3 is 20.1 Å². The van der Waals surface area contributed by atoms with Crippen molar-refractivity contribution in [1.82, 2.24) is 14.7 Å². The van der Waals surface area contributed by atoms with Crippen molar-refractivity contribution >= 4 is 22.6 Å². The summed E-state index contributed by atoms with van der Waals surface area (Å²) in [6.45, 7) is 1.30. The summed E-state index contributed by atoms with van der Waals surface area (Å²) in [6, 6.07) is 12.2. The van der Waals surface area contributed by atoms with Crippen molar-refractivity contribution in [3.05, 3.63) is 64.1 Å². The average Bonchev–Trinajstić information content (AvgIpc) is 3.30. The molecule has 5 rings (SSSR count). The van der Waals surface area contributed by atoms with Crippen molar-refractivity contribution in [3.63, 3.8) is 0 Å². The number of aromatic nitrogens is 2. The minimum Gasteiger partial charge on any atom is -0.486 e. The lowest BCUT2D eigenvalue weighted by atomic mass is 10.0. The topological polar surface area (TPSA) is 117 Å². The summed E-state index contributed by atoms with van der Waals surface area (Å²) in [7, 11) is 0. The van der Waals surface area contributed by atoms with Crippen LogP contribution in [0.4, 0.5) is 0 Å². The van der Waals surface area contributed by atoms with E-state index in [0.29, 0.717) is 42.0 Å². The standard InChI is InChI=1S/C23H22N4O5/c24-22(29)21-15-4-1-2-5-16(15)23(30)27(25-21)13-20(28)26-9-3-6-17(26)14-7-8-18-19(12-14)32-11-10-31-18/h1-2,4-5,7-8,12,17H,3,6,9-11,13H2,(H2,24,29)/t17-/m0/s1. The highest BCUT2D eigenvalue weighted by molar-refractivity contribution is 6.04. The first kappa shape index (κ1) is 20.0. The molecule has 164 valence electrons. The Kier molecular flexibility index (Phi) is 5.01. The third-order valence-electron chi connectivity index (χ3n) is 5.91. The van der Waals surface area contributed by atoms with E-state index in [1.165, 1.54) is 0 Å². The van der Waals surface area contributed by atoms with Crippen molar-refractivity contribution < 1.29 is 19.1 Å². The number of carbonyl (C=O) groups is 2. The van der Waals surface area contributed by atoms with E-state index in [4.69, 9.17) is 15.2 Å². The molecule has 2 aromatic carbocycles. The summed E-state index contributed by atoms with van der Waals surface area (Å²) in [5.74, 6) is 0.369. The van der Waals surface area contributed by atoms with Crippen LogP contribution in [0.5, 0.6) is 11.5 Å². The van der Waals surface area contributed by atoms with Crippen LogP contribution in [-0.4, -0.2) is 46.3 Å². The van der Waals surface area contributed by atoms with E-state index in [0.717, 1.165) is 23.1 Å². The van der Waals surface area contributed by atoms with Gasteiger partial charge in [0, 0.05) is 11.9 Å². The van der Waals surface area contributed by atoms with Gasteiger partial charge in [-0.15, -0.1) is 0 Å². The molecule has 2 aliphatic rings. The van der Waals surface area contributed by atoms with E-state index in [1.807, 2.05) is 18.2 Å². The predicted molar refractivity (Wildman–Crippen MR) is 116 cm³/mol. The molecular formula is C23H22N4O5. The Morgan fingerprint density at radius 3 is 2.59 bits per heavy atom. The normalized spacial score (nSPS) is 17.5. The molecule has 1 fully saturated rings. The molecule has 9 nitrogen and oxygen atoms in total. The van der Waals surface area contributed by atoms with Crippen LogP contribution in [0.1, 0.15) is 34.9 Å². The monoisotopic (exact) mass is 434 g/mol. The Hall–Kier alpha value is -3.88. The number of ether oxygens (including phenoxy) is 2. The second kappa shape index (κ2) is 7.99. The first-order valence-corrected chi connectivity index (χ1v) is 10.5. The molecule has 3 aromatic rings. The maximum atomic E-state index is 13.2. The number of hydrogen-bond acceptors (Lipinski definition) is 6. The highest BCUT2D eigenvalue weighted by Crippen LogP contribution is 2.38. The average molecular weight is 434 g/mol. The molecule has 0 unspecified atom stereocenters. The van der Waals surface area contributed by atoms with E-state index in [9.17, 15) is 14.4 Å². The van der Waals surface area contributed by atoms with Gasteiger partial charge in [-0.2, -0.15) is 5.10 Å². The summed E-state index contributed by atoms with van der Waals surface area (Å²) in [5.41, 5.74) is 5.96. The Morgan fingerprint density at radius 1 is 1.06 bits per heavy atom. The Labute approximate surface area is 183 Å². The molecule has 1 atom stereocenters. The molecule has 32 heavy (non-hydrogen) atoms. The van der Waals surface area contributed by atoms with Crippen LogP contribution in [-0.2, 0) is 11.3 Å². The largest absolute Gasteiger partial charge is 0.486 e. The fraction of sp³-hybridized carbons (Fsp3) is 0.304. The zero-order valence-corrected chi connectivity index (χ0v) is 17.3. The quantitative estimate of drug-likeness (QED) is 0.667. The summed E-state index contributed by atoms with van der Waals surface area (Å²) in [4.78, 5) is 39.8. The van der Waals surface area contributed by atoms with Gasteiger partial charge in [0.15, 0.2) is 17.2 Å². The summed E-state index contributed by atoms with van der Waals surface area (Å²) >= 11 is 0. The van der Waals surface area contributed by atoms with Gasteiger partial charge in [-0.1, -0.05) is 24.3 Å². The molecule has 2 amide bonds. The van der Waals surface area contributed by atoms with Crippen molar-refractivity contribution in [2.75, 3.05) is 19.8 Å². The predicted octanol–water partition coefficient (Wildman–Crippen LogP) is 1.63. The van der Waals surface area contributed by atoms with Crippen LogP contribution in [0.25, 0.3) is 10.8 Å². The highest BCUT2D eigenvalue weighted by atomic mass is 16.6. The van der Waals surface area contributed by atoms with Crippen LogP contribution < -0.4 is 20.8 Å². The van der Waals surface area contributed by atoms with Crippen LogP contribution in [0.3, 0.4) is 0 Å². The van der Waals surface area contributed by atoms with Gasteiger partial charge in [-0.25, -0.2) is 4.68 Å². The van der Waals surface area contributed by atoms with Gasteiger partial charge >= 0.3 is 0 Å². The third-order valence-corrected chi connectivity index (χ3v) is 5.91. The molecule has 2 N–H and O–H groups in total. The van der Waals surface area contributed by atoms with Gasteiger partial charge in [0.25, 0.3) is 11.5 Å². The molecule has 0 spiro atoms. The number of primary amides is 1. The fourth-order valence-corrected chi connectivity index (χ4v) is 4.42. The molecule has 1 aromatic heterocycles. The molecule has 0 radical (unpaired) electrons. The molecule has 2 aliphatic heterocycles. The first-order chi connectivity index (χ1) is 15.5. The fourth-order valence-electron chi connectivity index (χ4n) is 4.42. The van der Waals surface area contributed by atoms with Gasteiger partial charge in [-0.3, -0.25) is 14.4 Å². The number of amides is 2. The van der Waals surface area contributed by atoms with Crippen LogP contribution in [0.2, 0.25) is 0 Å². The molecule has 0 aliphatic carbocycles. The zero-order valence-electron chi connectivity index (χ0n) is 17.3. The number of nitrogens with two attached hydrogens (primary N) is 1. The number of rotatable bonds is 4. The van der Waals surface area contributed by atoms with Gasteiger partial charge in [-0.05, 0) is 36.6 Å². The van der Waals surface area contributed by atoms with Crippen molar-refractivity contribution in [2.45, 2.75) is 25.4 Å². The van der Waals surface area contributed by atoms with E-state index < -0.39 is 11.5 Å². The number of carbonyl (C=O) groups excluding carboxylic acids is 2.